The minimum atomic E-state index is -0.156. The zero-order valence-corrected chi connectivity index (χ0v) is 8.92. The minimum Gasteiger partial charge on any atom is -0.352 e. The van der Waals surface area contributed by atoms with Gasteiger partial charge in [-0.25, -0.2) is 4.98 Å². The Morgan fingerprint density at radius 1 is 1.60 bits per heavy atom. The number of halogens is 1. The van der Waals surface area contributed by atoms with Gasteiger partial charge in [0.05, 0.1) is 5.56 Å². The molecule has 1 amide bonds. The average Bonchev–Trinajstić information content (AvgIpc) is 2.25. The van der Waals surface area contributed by atoms with E-state index >= 15 is 0 Å². The molecular weight excluding hydrogens is 212 g/mol. The van der Waals surface area contributed by atoms with E-state index in [4.69, 9.17) is 18.0 Å². The number of rotatable bonds is 4. The molecule has 0 fully saturated rings. The number of aromatic nitrogens is 1. The Morgan fingerprint density at radius 2 is 2.40 bits per heavy atom. The molecule has 3 nitrogen and oxygen atoms in total. The topological polar surface area (TPSA) is 42.0 Å². The highest BCUT2D eigenvalue weighted by Crippen LogP contribution is 2.04. The second-order valence-corrected chi connectivity index (χ2v) is 3.32. The van der Waals surface area contributed by atoms with Crippen molar-refractivity contribution in [3.63, 3.8) is 0 Å². The smallest absolute Gasteiger partial charge is 0.252 e. The van der Waals surface area contributed by atoms with Gasteiger partial charge in [0.15, 0.2) is 0 Å². The van der Waals surface area contributed by atoms with Crippen molar-refractivity contribution in [1.29, 1.82) is 0 Å². The van der Waals surface area contributed by atoms with E-state index < -0.39 is 0 Å². The molecule has 1 heterocycles. The first-order valence-electron chi connectivity index (χ1n) is 4.57. The van der Waals surface area contributed by atoms with Gasteiger partial charge in [-0.15, -0.1) is 12.3 Å². The molecule has 0 unspecified atom stereocenters. The van der Waals surface area contributed by atoms with Crippen molar-refractivity contribution in [3.05, 3.63) is 29.0 Å². The molecule has 0 saturated heterocycles. The van der Waals surface area contributed by atoms with Gasteiger partial charge < -0.3 is 5.32 Å². The van der Waals surface area contributed by atoms with E-state index in [1.807, 2.05) is 0 Å². The van der Waals surface area contributed by atoms with Crippen molar-refractivity contribution in [2.45, 2.75) is 12.8 Å². The van der Waals surface area contributed by atoms with Gasteiger partial charge in [0.1, 0.15) is 5.15 Å². The molecule has 15 heavy (non-hydrogen) atoms. The summed E-state index contributed by atoms with van der Waals surface area (Å²) in [5.74, 6) is 2.35. The van der Waals surface area contributed by atoms with Crippen LogP contribution in [-0.4, -0.2) is 17.4 Å². The molecule has 1 rings (SSSR count). The third kappa shape index (κ3) is 4.01. The van der Waals surface area contributed by atoms with Crippen molar-refractivity contribution in [1.82, 2.24) is 10.3 Å². The number of terminal acetylenes is 1. The number of hydrogen-bond acceptors (Lipinski definition) is 2. The number of unbranched alkanes of at least 4 members (excludes halogenated alkanes) is 1. The summed E-state index contributed by atoms with van der Waals surface area (Å²) in [6.45, 7) is 0.575. The lowest BCUT2D eigenvalue weighted by Gasteiger charge is -2.03. The molecule has 1 aromatic heterocycles. The summed E-state index contributed by atoms with van der Waals surface area (Å²) in [5, 5.41) is 3.11. The molecule has 78 valence electrons. The highest BCUT2D eigenvalue weighted by atomic mass is 35.5. The van der Waals surface area contributed by atoms with E-state index in [1.54, 1.807) is 12.1 Å². The summed E-state index contributed by atoms with van der Waals surface area (Å²) in [5.41, 5.74) is 0.500. The Kier molecular flexibility index (Phi) is 4.65. The van der Waals surface area contributed by atoms with Crippen LogP contribution >= 0.6 is 11.6 Å². The lowest BCUT2D eigenvalue weighted by molar-refractivity contribution is 0.0953. The van der Waals surface area contributed by atoms with Crippen LogP contribution in [0.3, 0.4) is 0 Å². The van der Waals surface area contributed by atoms with E-state index in [0.717, 1.165) is 6.42 Å². The molecule has 1 aromatic rings. The highest BCUT2D eigenvalue weighted by Gasteiger charge is 2.04. The Morgan fingerprint density at radius 3 is 3.00 bits per heavy atom. The fourth-order valence-corrected chi connectivity index (χ4v) is 1.12. The summed E-state index contributed by atoms with van der Waals surface area (Å²) in [6, 6.07) is 3.21. The Hall–Kier alpha value is -1.53. The summed E-state index contributed by atoms with van der Waals surface area (Å²) >= 11 is 5.60. The Balaban J connectivity index is 2.41. The van der Waals surface area contributed by atoms with Gasteiger partial charge in [0.2, 0.25) is 0 Å². The summed E-state index contributed by atoms with van der Waals surface area (Å²) < 4.78 is 0. The largest absolute Gasteiger partial charge is 0.352 e. The number of carbonyl (C=O) groups is 1. The first kappa shape index (κ1) is 11.5. The Labute approximate surface area is 93.9 Å². The lowest BCUT2D eigenvalue weighted by atomic mass is 10.2. The molecule has 0 radical (unpaired) electrons. The molecule has 0 aromatic carbocycles. The van der Waals surface area contributed by atoms with Crippen molar-refractivity contribution in [2.75, 3.05) is 6.54 Å². The van der Waals surface area contributed by atoms with Crippen LogP contribution in [0, 0.1) is 12.3 Å². The number of nitrogens with zero attached hydrogens (tertiary/aromatic N) is 1. The third-order valence-corrected chi connectivity index (χ3v) is 2.00. The Bertz CT molecular complexity index is 367. The van der Waals surface area contributed by atoms with Crippen LogP contribution < -0.4 is 5.32 Å². The highest BCUT2D eigenvalue weighted by molar-refractivity contribution is 6.29. The van der Waals surface area contributed by atoms with Crippen molar-refractivity contribution < 1.29 is 4.79 Å². The standard InChI is InChI=1S/C11H11ClN2O/c1-2-3-4-7-13-11(15)9-5-6-10(12)14-8-9/h1,5-6,8H,3-4,7H2,(H,13,15). The normalized spacial score (nSPS) is 9.33. The number of amides is 1. The van der Waals surface area contributed by atoms with Crippen LogP contribution in [-0.2, 0) is 0 Å². The molecule has 0 spiro atoms. The van der Waals surface area contributed by atoms with Gasteiger partial charge in [0.25, 0.3) is 5.91 Å². The molecular formula is C11H11ClN2O. The summed E-state index contributed by atoms with van der Waals surface area (Å²) in [7, 11) is 0. The van der Waals surface area contributed by atoms with Crippen molar-refractivity contribution in [2.24, 2.45) is 0 Å². The molecule has 0 atom stereocenters. The molecule has 0 saturated carbocycles. The van der Waals surface area contributed by atoms with Crippen LogP contribution in [0.15, 0.2) is 18.3 Å². The molecule has 0 bridgehead atoms. The molecule has 4 heteroatoms. The van der Waals surface area contributed by atoms with E-state index in [2.05, 4.69) is 16.2 Å². The van der Waals surface area contributed by atoms with Crippen LogP contribution in [0.1, 0.15) is 23.2 Å². The van der Waals surface area contributed by atoms with Gasteiger partial charge in [-0.2, -0.15) is 0 Å². The predicted molar refractivity (Wildman–Crippen MR) is 59.6 cm³/mol. The van der Waals surface area contributed by atoms with Crippen LogP contribution in [0.5, 0.6) is 0 Å². The molecule has 1 N–H and O–H groups in total. The molecule has 0 aliphatic carbocycles. The predicted octanol–water partition coefficient (Wildman–Crippen LogP) is 1.88. The van der Waals surface area contributed by atoms with Crippen molar-refractivity contribution in [3.8, 4) is 12.3 Å². The molecule has 0 aliphatic rings. The lowest BCUT2D eigenvalue weighted by Crippen LogP contribution is -2.24. The second kappa shape index (κ2) is 6.05. The maximum Gasteiger partial charge on any atom is 0.252 e. The van der Waals surface area contributed by atoms with E-state index in [-0.39, 0.29) is 5.91 Å². The monoisotopic (exact) mass is 222 g/mol. The number of carbonyl (C=O) groups excluding carboxylic acids is 1. The zero-order valence-electron chi connectivity index (χ0n) is 8.16. The SMILES string of the molecule is C#CCCCNC(=O)c1ccc(Cl)nc1. The summed E-state index contributed by atoms with van der Waals surface area (Å²) in [6.07, 6.45) is 7.98. The maximum atomic E-state index is 11.5. The van der Waals surface area contributed by atoms with Crippen molar-refractivity contribution >= 4 is 17.5 Å². The fourth-order valence-electron chi connectivity index (χ4n) is 1.00. The minimum absolute atomic E-state index is 0.156. The van der Waals surface area contributed by atoms with E-state index in [1.165, 1.54) is 6.20 Å². The number of hydrogen-bond donors (Lipinski definition) is 1. The molecule has 0 aliphatic heterocycles. The quantitative estimate of drug-likeness (QED) is 0.480. The van der Waals surface area contributed by atoms with Gasteiger partial charge in [-0.05, 0) is 18.6 Å². The van der Waals surface area contributed by atoms with Gasteiger partial charge in [-0.1, -0.05) is 11.6 Å². The second-order valence-electron chi connectivity index (χ2n) is 2.93. The fraction of sp³-hybridized carbons (Fsp3) is 0.273. The summed E-state index contributed by atoms with van der Waals surface area (Å²) in [4.78, 5) is 15.3. The van der Waals surface area contributed by atoms with E-state index in [9.17, 15) is 4.79 Å². The van der Waals surface area contributed by atoms with Gasteiger partial charge in [-0.3, -0.25) is 4.79 Å². The number of pyridine rings is 1. The maximum absolute atomic E-state index is 11.5. The van der Waals surface area contributed by atoms with Gasteiger partial charge >= 0.3 is 0 Å². The first-order chi connectivity index (χ1) is 7.24. The average molecular weight is 223 g/mol. The third-order valence-electron chi connectivity index (χ3n) is 1.77. The van der Waals surface area contributed by atoms with Crippen LogP contribution in [0.2, 0.25) is 5.15 Å². The van der Waals surface area contributed by atoms with Gasteiger partial charge in [0, 0.05) is 19.2 Å². The first-order valence-corrected chi connectivity index (χ1v) is 4.95. The van der Waals surface area contributed by atoms with Crippen LogP contribution in [0.25, 0.3) is 0 Å². The number of nitrogens with one attached hydrogen (secondary N) is 1. The van der Waals surface area contributed by atoms with E-state index in [0.29, 0.717) is 23.7 Å². The zero-order chi connectivity index (χ0) is 11.1. The van der Waals surface area contributed by atoms with Crippen LogP contribution in [0.4, 0.5) is 0 Å².